The quantitative estimate of drug-likeness (QED) is 0.340. The lowest BCUT2D eigenvalue weighted by Gasteiger charge is -2.15. The fourth-order valence-corrected chi connectivity index (χ4v) is 4.64. The molecule has 35 heavy (non-hydrogen) atoms. The van der Waals surface area contributed by atoms with Gasteiger partial charge in [0.15, 0.2) is 5.65 Å². The van der Waals surface area contributed by atoms with Gasteiger partial charge in [-0.25, -0.2) is 10.5 Å². The van der Waals surface area contributed by atoms with E-state index in [2.05, 4.69) is 37.9 Å². The van der Waals surface area contributed by atoms with Gasteiger partial charge >= 0.3 is 0 Å². The highest BCUT2D eigenvalue weighted by molar-refractivity contribution is 5.96. The van der Waals surface area contributed by atoms with E-state index in [0.717, 1.165) is 41.5 Å². The minimum absolute atomic E-state index is 0.0543. The molecular weight excluding hydrogens is 444 g/mol. The number of H-pyrrole nitrogens is 1. The molecule has 6 rings (SSSR count). The highest BCUT2D eigenvalue weighted by Gasteiger charge is 2.19. The fraction of sp³-hybridized carbons (Fsp3) is 0.154. The van der Waals surface area contributed by atoms with Crippen LogP contribution in [0.4, 0.5) is 11.6 Å². The number of hydrogen-bond donors (Lipinski definition) is 3. The zero-order valence-electron chi connectivity index (χ0n) is 19.0. The van der Waals surface area contributed by atoms with E-state index in [9.17, 15) is 9.59 Å². The van der Waals surface area contributed by atoms with Gasteiger partial charge in [0.2, 0.25) is 11.4 Å². The third-order valence-corrected chi connectivity index (χ3v) is 6.36. The Bertz CT molecular complexity index is 1670. The number of nitrogens with zero attached hydrogens (tertiary/aromatic N) is 3. The van der Waals surface area contributed by atoms with Crippen LogP contribution in [0.25, 0.3) is 27.6 Å². The van der Waals surface area contributed by atoms with Crippen LogP contribution < -0.4 is 16.2 Å². The molecule has 9 heteroatoms. The van der Waals surface area contributed by atoms with Crippen molar-refractivity contribution in [2.45, 2.75) is 19.3 Å². The summed E-state index contributed by atoms with van der Waals surface area (Å²) in [6.07, 6.45) is 8.02. The molecule has 1 amide bonds. The van der Waals surface area contributed by atoms with Crippen molar-refractivity contribution in [2.75, 3.05) is 12.4 Å². The average Bonchev–Trinajstić information content (AvgIpc) is 3.53. The summed E-state index contributed by atoms with van der Waals surface area (Å²) in [5.41, 5.74) is 7.32. The maximum absolute atomic E-state index is 13.2. The van der Waals surface area contributed by atoms with Gasteiger partial charge < -0.3 is 14.9 Å². The third kappa shape index (κ3) is 3.71. The van der Waals surface area contributed by atoms with Crippen LogP contribution in [0.2, 0.25) is 0 Å². The lowest BCUT2D eigenvalue weighted by molar-refractivity contribution is 0.0536. The molecule has 0 atom stereocenters. The van der Waals surface area contributed by atoms with E-state index >= 15 is 0 Å². The molecule has 0 unspecified atom stereocenters. The minimum atomic E-state index is -0.629. The second kappa shape index (κ2) is 8.37. The minimum Gasteiger partial charge on any atom is -0.361 e. The molecule has 0 fully saturated rings. The number of hydrogen-bond acceptors (Lipinski definition) is 6. The molecule has 1 aliphatic carbocycles. The standard InChI is InChI=1S/C26H22N6O3/c1-35-31-25(34)21-14-32(19-8-6-15-3-2-4-17(15)11-19)24-20(23(21)33)13-28-26(30-24)29-18-7-5-16-9-10-27-22(16)12-18/h5-14,27H,2-4H2,1H3,(H,31,34)(H,28,29,30). The SMILES string of the molecule is CONC(=O)c1cn(-c2ccc3c(c2)CCC3)c2nc(Nc3ccc4cc[nH]c4c3)ncc2c1=O. The normalized spacial score (nSPS) is 12.7. The molecule has 1 aliphatic rings. The van der Waals surface area contributed by atoms with Crippen LogP contribution >= 0.6 is 0 Å². The van der Waals surface area contributed by atoms with E-state index in [0.29, 0.717) is 11.6 Å². The fourth-order valence-electron chi connectivity index (χ4n) is 4.64. The van der Waals surface area contributed by atoms with Crippen molar-refractivity contribution in [3.63, 3.8) is 0 Å². The van der Waals surface area contributed by atoms with Gasteiger partial charge in [0.25, 0.3) is 5.91 Å². The van der Waals surface area contributed by atoms with Gasteiger partial charge in [0.1, 0.15) is 5.56 Å². The molecule has 0 radical (unpaired) electrons. The summed E-state index contributed by atoms with van der Waals surface area (Å²) in [6, 6.07) is 14.1. The lowest BCUT2D eigenvalue weighted by Crippen LogP contribution is -2.29. The van der Waals surface area contributed by atoms with Crippen LogP contribution in [0.15, 0.2) is 65.8 Å². The number of rotatable bonds is 5. The van der Waals surface area contributed by atoms with Crippen LogP contribution in [0.5, 0.6) is 0 Å². The summed E-state index contributed by atoms with van der Waals surface area (Å²) >= 11 is 0. The zero-order valence-corrected chi connectivity index (χ0v) is 19.0. The average molecular weight is 467 g/mol. The van der Waals surface area contributed by atoms with Gasteiger partial charge in [-0.2, -0.15) is 4.98 Å². The summed E-state index contributed by atoms with van der Waals surface area (Å²) in [4.78, 5) is 42.7. The number of anilines is 2. The Hall–Kier alpha value is -4.50. The van der Waals surface area contributed by atoms with Crippen molar-refractivity contribution in [1.82, 2.24) is 25.0 Å². The van der Waals surface area contributed by atoms with E-state index in [4.69, 9.17) is 4.84 Å². The number of hydroxylamine groups is 1. The van der Waals surface area contributed by atoms with Crippen LogP contribution in [0.1, 0.15) is 27.9 Å². The van der Waals surface area contributed by atoms with E-state index in [1.807, 2.05) is 36.5 Å². The van der Waals surface area contributed by atoms with Crippen molar-refractivity contribution in [3.8, 4) is 5.69 Å². The predicted octanol–water partition coefficient (Wildman–Crippen LogP) is 3.79. The molecule has 0 bridgehead atoms. The van der Waals surface area contributed by atoms with Crippen LogP contribution in [0, 0.1) is 0 Å². The van der Waals surface area contributed by atoms with Crippen LogP contribution in [-0.4, -0.2) is 32.5 Å². The van der Waals surface area contributed by atoms with Crippen molar-refractivity contribution in [2.24, 2.45) is 0 Å². The van der Waals surface area contributed by atoms with E-state index in [1.54, 1.807) is 4.57 Å². The Balaban J connectivity index is 1.51. The van der Waals surface area contributed by atoms with Crippen molar-refractivity contribution in [1.29, 1.82) is 0 Å². The number of aryl methyl sites for hydroxylation is 2. The van der Waals surface area contributed by atoms with Crippen molar-refractivity contribution >= 4 is 39.5 Å². The molecule has 3 N–H and O–H groups in total. The molecule has 0 spiro atoms. The summed E-state index contributed by atoms with van der Waals surface area (Å²) in [7, 11) is 1.32. The zero-order chi connectivity index (χ0) is 23.9. The summed E-state index contributed by atoms with van der Waals surface area (Å²) in [5.74, 6) is -0.289. The summed E-state index contributed by atoms with van der Waals surface area (Å²) in [5, 5.41) is 4.55. The number of pyridine rings is 1. The van der Waals surface area contributed by atoms with E-state index in [1.165, 1.54) is 30.6 Å². The van der Waals surface area contributed by atoms with Gasteiger partial charge in [-0.1, -0.05) is 12.1 Å². The van der Waals surface area contributed by atoms with Gasteiger partial charge in [-0.15, -0.1) is 0 Å². The Labute approximate surface area is 199 Å². The first kappa shape index (κ1) is 21.1. The van der Waals surface area contributed by atoms with E-state index < -0.39 is 11.3 Å². The Morgan fingerprint density at radius 2 is 2.00 bits per heavy atom. The van der Waals surface area contributed by atoms with E-state index in [-0.39, 0.29) is 10.9 Å². The molecule has 5 aromatic rings. The lowest BCUT2D eigenvalue weighted by atomic mass is 10.1. The first-order valence-electron chi connectivity index (χ1n) is 11.3. The first-order valence-corrected chi connectivity index (χ1v) is 11.3. The van der Waals surface area contributed by atoms with Crippen molar-refractivity contribution in [3.05, 3.63) is 88.0 Å². The monoisotopic (exact) mass is 466 g/mol. The maximum atomic E-state index is 13.2. The molecule has 3 heterocycles. The molecule has 0 aliphatic heterocycles. The van der Waals surface area contributed by atoms with Crippen molar-refractivity contribution < 1.29 is 9.63 Å². The summed E-state index contributed by atoms with van der Waals surface area (Å²) < 4.78 is 1.76. The third-order valence-electron chi connectivity index (χ3n) is 6.36. The van der Waals surface area contributed by atoms with Crippen LogP contribution in [-0.2, 0) is 17.7 Å². The molecule has 9 nitrogen and oxygen atoms in total. The molecular formula is C26H22N6O3. The number of fused-ring (bicyclic) bond motifs is 3. The Morgan fingerprint density at radius 3 is 2.89 bits per heavy atom. The molecule has 2 aromatic carbocycles. The number of aromatic nitrogens is 4. The maximum Gasteiger partial charge on any atom is 0.280 e. The highest BCUT2D eigenvalue weighted by atomic mass is 16.6. The summed E-state index contributed by atoms with van der Waals surface area (Å²) in [6.45, 7) is 0. The number of carbonyl (C=O) groups excluding carboxylic acids is 1. The molecule has 3 aromatic heterocycles. The number of carbonyl (C=O) groups is 1. The van der Waals surface area contributed by atoms with Gasteiger partial charge in [-0.3, -0.25) is 14.4 Å². The van der Waals surface area contributed by atoms with Crippen LogP contribution in [0.3, 0.4) is 0 Å². The second-order valence-corrected chi connectivity index (χ2v) is 8.52. The number of nitrogens with one attached hydrogen (secondary N) is 3. The molecule has 0 saturated carbocycles. The Kier molecular flexibility index (Phi) is 5.04. The largest absolute Gasteiger partial charge is 0.361 e. The smallest absolute Gasteiger partial charge is 0.280 e. The highest BCUT2D eigenvalue weighted by Crippen LogP contribution is 2.26. The number of amides is 1. The molecule has 174 valence electrons. The topological polar surface area (TPSA) is 114 Å². The van der Waals surface area contributed by atoms with Gasteiger partial charge in [0, 0.05) is 35.5 Å². The van der Waals surface area contributed by atoms with Gasteiger partial charge in [0.05, 0.1) is 12.5 Å². The predicted molar refractivity (Wildman–Crippen MR) is 133 cm³/mol. The van der Waals surface area contributed by atoms with Gasteiger partial charge in [-0.05, 0) is 66.1 Å². The number of aromatic amines is 1. The number of benzene rings is 2. The second-order valence-electron chi connectivity index (χ2n) is 8.52. The molecule has 0 saturated heterocycles. The Morgan fingerprint density at radius 1 is 1.11 bits per heavy atom. The first-order chi connectivity index (χ1) is 17.1.